The van der Waals surface area contributed by atoms with E-state index in [2.05, 4.69) is 32.5 Å². The van der Waals surface area contributed by atoms with Crippen LogP contribution in [0.4, 0.5) is 10.6 Å². The van der Waals surface area contributed by atoms with Crippen LogP contribution >= 0.6 is 0 Å². The van der Waals surface area contributed by atoms with Crippen molar-refractivity contribution in [2.75, 3.05) is 18.9 Å². The largest absolute Gasteiger partial charge is 0.444 e. The third-order valence-corrected chi connectivity index (χ3v) is 4.58. The van der Waals surface area contributed by atoms with Gasteiger partial charge in [-0.15, -0.1) is 0 Å². The Balaban J connectivity index is 1.79. The molecule has 2 aromatic heterocycles. The molecule has 2 heterocycles. The molecule has 8 nitrogen and oxygen atoms in total. The van der Waals surface area contributed by atoms with E-state index in [1.165, 1.54) is 6.33 Å². The maximum atomic E-state index is 12.7. The van der Waals surface area contributed by atoms with Crippen LogP contribution in [-0.4, -0.2) is 56.0 Å². The Bertz CT molecular complexity index is 964. The zero-order valence-corrected chi connectivity index (χ0v) is 17.6. The van der Waals surface area contributed by atoms with Gasteiger partial charge in [0.2, 0.25) is 0 Å². The molecule has 8 heteroatoms. The number of nitrogens with one attached hydrogen (secondary N) is 1. The van der Waals surface area contributed by atoms with Crippen LogP contribution in [-0.2, 0) is 18.2 Å². The Hall–Kier alpha value is -3.16. The van der Waals surface area contributed by atoms with Gasteiger partial charge in [0, 0.05) is 20.6 Å². The minimum Gasteiger partial charge on any atom is -0.444 e. The fourth-order valence-corrected chi connectivity index (χ4v) is 3.03. The number of aryl methyl sites for hydroxylation is 1. The lowest BCUT2D eigenvalue weighted by Gasteiger charge is -2.31. The number of aromatic nitrogens is 4. The highest BCUT2D eigenvalue weighted by atomic mass is 16.6. The summed E-state index contributed by atoms with van der Waals surface area (Å²) in [5, 5.41) is 8.45. The summed E-state index contributed by atoms with van der Waals surface area (Å²) in [6.07, 6.45) is 3.58. The number of fused-ring (bicyclic) bond motifs is 1. The molecular weight excluding hydrogens is 368 g/mol. The fourth-order valence-electron chi connectivity index (χ4n) is 3.03. The SMILES string of the molecule is CN(C(=O)OC(C)(C)C)[C@H](CNc1ncnc2c1cnn2C)Cc1ccccc1. The summed E-state index contributed by atoms with van der Waals surface area (Å²) in [6, 6.07) is 9.95. The quantitative estimate of drug-likeness (QED) is 0.688. The number of amides is 1. The molecule has 0 saturated heterocycles. The molecule has 0 aliphatic rings. The monoisotopic (exact) mass is 396 g/mol. The zero-order chi connectivity index (χ0) is 21.0. The van der Waals surface area contributed by atoms with Crippen molar-refractivity contribution in [1.29, 1.82) is 0 Å². The molecule has 0 aliphatic carbocycles. The van der Waals surface area contributed by atoms with Crippen molar-refractivity contribution in [2.45, 2.75) is 38.8 Å². The number of carbonyl (C=O) groups excluding carboxylic acids is 1. The molecule has 154 valence electrons. The van der Waals surface area contributed by atoms with Gasteiger partial charge in [0.25, 0.3) is 0 Å². The summed E-state index contributed by atoms with van der Waals surface area (Å²) in [5.41, 5.74) is 1.34. The standard InChI is InChI=1S/C21H28N6O2/c1-21(2,3)29-20(28)26(4)16(11-15-9-7-6-8-10-15)12-22-18-17-13-25-27(5)19(17)24-14-23-18/h6-10,13-14,16H,11-12H2,1-5H3,(H,22,23,24)/t16-/m0/s1. The van der Waals surface area contributed by atoms with Gasteiger partial charge in [-0.2, -0.15) is 5.10 Å². The number of hydrogen-bond donors (Lipinski definition) is 1. The second kappa shape index (κ2) is 8.46. The molecule has 0 fully saturated rings. The minimum atomic E-state index is -0.551. The van der Waals surface area contributed by atoms with E-state index in [1.54, 1.807) is 22.8 Å². The number of carbonyl (C=O) groups is 1. The van der Waals surface area contributed by atoms with Gasteiger partial charge in [-0.3, -0.25) is 4.68 Å². The van der Waals surface area contributed by atoms with E-state index in [-0.39, 0.29) is 12.1 Å². The molecule has 3 aromatic rings. The van der Waals surface area contributed by atoms with Crippen molar-refractivity contribution in [3.8, 4) is 0 Å². The molecule has 0 aliphatic heterocycles. The van der Waals surface area contributed by atoms with E-state index < -0.39 is 5.60 Å². The Morgan fingerprint density at radius 2 is 1.97 bits per heavy atom. The van der Waals surface area contributed by atoms with Crippen molar-refractivity contribution in [1.82, 2.24) is 24.6 Å². The van der Waals surface area contributed by atoms with Crippen molar-refractivity contribution >= 4 is 22.9 Å². The first-order valence-electron chi connectivity index (χ1n) is 9.61. The molecule has 1 aromatic carbocycles. The molecule has 3 rings (SSSR count). The number of rotatable bonds is 6. The third kappa shape index (κ3) is 5.22. The lowest BCUT2D eigenvalue weighted by atomic mass is 10.0. The summed E-state index contributed by atoms with van der Waals surface area (Å²) in [5.74, 6) is 0.693. The van der Waals surface area contributed by atoms with Crippen molar-refractivity contribution < 1.29 is 9.53 Å². The molecule has 29 heavy (non-hydrogen) atoms. The lowest BCUT2D eigenvalue weighted by Crippen LogP contribution is -2.45. The minimum absolute atomic E-state index is 0.131. The van der Waals surface area contributed by atoms with Crippen LogP contribution in [0.25, 0.3) is 11.0 Å². The van der Waals surface area contributed by atoms with Gasteiger partial charge in [0.15, 0.2) is 5.65 Å². The van der Waals surface area contributed by atoms with Crippen LogP contribution in [0.15, 0.2) is 42.9 Å². The second-order valence-corrected chi connectivity index (χ2v) is 8.04. The number of hydrogen-bond acceptors (Lipinski definition) is 6. The number of benzene rings is 1. The summed E-state index contributed by atoms with van der Waals surface area (Å²) >= 11 is 0. The molecule has 1 N–H and O–H groups in total. The van der Waals surface area contributed by atoms with Crippen LogP contribution in [0.3, 0.4) is 0 Å². The lowest BCUT2D eigenvalue weighted by molar-refractivity contribution is 0.0231. The van der Waals surface area contributed by atoms with E-state index in [1.807, 2.05) is 46.0 Å². The summed E-state index contributed by atoms with van der Waals surface area (Å²) in [7, 11) is 3.61. The van der Waals surface area contributed by atoms with Crippen LogP contribution in [0.5, 0.6) is 0 Å². The summed E-state index contributed by atoms with van der Waals surface area (Å²) in [6.45, 7) is 6.10. The Morgan fingerprint density at radius 1 is 1.24 bits per heavy atom. The highest BCUT2D eigenvalue weighted by molar-refractivity contribution is 5.86. The molecule has 1 atom stereocenters. The van der Waals surface area contributed by atoms with Gasteiger partial charge in [-0.25, -0.2) is 14.8 Å². The van der Waals surface area contributed by atoms with E-state index in [9.17, 15) is 4.79 Å². The third-order valence-electron chi connectivity index (χ3n) is 4.58. The Labute approximate surface area is 170 Å². The van der Waals surface area contributed by atoms with E-state index >= 15 is 0 Å². The molecular formula is C21H28N6O2. The molecule has 0 saturated carbocycles. The Kier molecular flexibility index (Phi) is 6.00. The first kappa shape index (κ1) is 20.6. The van der Waals surface area contributed by atoms with Crippen molar-refractivity contribution in [3.05, 3.63) is 48.4 Å². The summed E-state index contributed by atoms with van der Waals surface area (Å²) in [4.78, 5) is 22.9. The average Bonchev–Trinajstić information content (AvgIpc) is 3.06. The summed E-state index contributed by atoms with van der Waals surface area (Å²) < 4.78 is 7.27. The molecule has 0 radical (unpaired) electrons. The van der Waals surface area contributed by atoms with Gasteiger partial charge in [-0.05, 0) is 32.8 Å². The topological polar surface area (TPSA) is 85.2 Å². The second-order valence-electron chi connectivity index (χ2n) is 8.04. The molecule has 0 bridgehead atoms. The van der Waals surface area contributed by atoms with Crippen molar-refractivity contribution in [2.24, 2.45) is 7.05 Å². The maximum Gasteiger partial charge on any atom is 0.410 e. The van der Waals surface area contributed by atoms with Crippen LogP contribution in [0.2, 0.25) is 0 Å². The highest BCUT2D eigenvalue weighted by Crippen LogP contribution is 2.19. The maximum absolute atomic E-state index is 12.7. The normalized spacial score (nSPS) is 12.6. The number of likely N-dealkylation sites (N-methyl/N-ethyl adjacent to an activating group) is 1. The smallest absolute Gasteiger partial charge is 0.410 e. The van der Waals surface area contributed by atoms with Gasteiger partial charge >= 0.3 is 6.09 Å². The van der Waals surface area contributed by atoms with Gasteiger partial charge in [0.1, 0.15) is 17.7 Å². The molecule has 0 unspecified atom stereocenters. The average molecular weight is 396 g/mol. The van der Waals surface area contributed by atoms with Gasteiger partial charge in [0.05, 0.1) is 17.6 Å². The number of ether oxygens (including phenoxy) is 1. The van der Waals surface area contributed by atoms with E-state index in [0.717, 1.165) is 16.6 Å². The molecule has 0 spiro atoms. The van der Waals surface area contributed by atoms with Crippen LogP contribution < -0.4 is 5.32 Å². The van der Waals surface area contributed by atoms with Gasteiger partial charge in [-0.1, -0.05) is 30.3 Å². The van der Waals surface area contributed by atoms with Crippen molar-refractivity contribution in [3.63, 3.8) is 0 Å². The predicted octanol–water partition coefficient (Wildman–Crippen LogP) is 3.25. The first-order valence-corrected chi connectivity index (χ1v) is 9.61. The molecule has 1 amide bonds. The van der Waals surface area contributed by atoms with Crippen LogP contribution in [0, 0.1) is 0 Å². The highest BCUT2D eigenvalue weighted by Gasteiger charge is 2.26. The van der Waals surface area contributed by atoms with E-state index in [0.29, 0.717) is 18.8 Å². The van der Waals surface area contributed by atoms with Gasteiger partial charge < -0.3 is 15.0 Å². The zero-order valence-electron chi connectivity index (χ0n) is 17.6. The van der Waals surface area contributed by atoms with Crippen LogP contribution in [0.1, 0.15) is 26.3 Å². The first-order chi connectivity index (χ1) is 13.7. The van der Waals surface area contributed by atoms with E-state index in [4.69, 9.17) is 4.74 Å². The Morgan fingerprint density at radius 3 is 2.66 bits per heavy atom. The number of anilines is 1. The predicted molar refractivity (Wildman–Crippen MR) is 113 cm³/mol. The fraction of sp³-hybridized carbons (Fsp3) is 0.429. The number of nitrogens with zero attached hydrogens (tertiary/aromatic N) is 5.